The highest BCUT2D eigenvalue weighted by molar-refractivity contribution is 6.33. The Bertz CT molecular complexity index is 637. The van der Waals surface area contributed by atoms with E-state index in [2.05, 4.69) is 10.2 Å². The van der Waals surface area contributed by atoms with Gasteiger partial charge in [-0.2, -0.15) is 0 Å². The summed E-state index contributed by atoms with van der Waals surface area (Å²) in [5, 5.41) is 14.4. The van der Waals surface area contributed by atoms with Crippen molar-refractivity contribution in [2.24, 2.45) is 11.8 Å². The lowest BCUT2D eigenvalue weighted by atomic mass is 9.96. The number of nitro groups is 1. The van der Waals surface area contributed by atoms with Crippen molar-refractivity contribution in [1.82, 2.24) is 5.32 Å². The van der Waals surface area contributed by atoms with Crippen LogP contribution >= 0.6 is 11.6 Å². The first kappa shape index (κ1) is 17.0. The third-order valence-corrected chi connectivity index (χ3v) is 5.11. The van der Waals surface area contributed by atoms with Crippen molar-refractivity contribution in [3.63, 3.8) is 0 Å². The number of carbonyl (C=O) groups is 1. The van der Waals surface area contributed by atoms with Crippen LogP contribution in [0.1, 0.15) is 31.2 Å². The van der Waals surface area contributed by atoms with Gasteiger partial charge in [0.1, 0.15) is 0 Å². The number of hydrogen-bond donors (Lipinski definition) is 1. The SMILES string of the molecule is Cc1cc([N+](=O)[O-])cc(Cl)c1N1CCCC(C(=O)NCC2CC2)C1. The maximum Gasteiger partial charge on any atom is 0.271 e. The number of rotatable bonds is 5. The summed E-state index contributed by atoms with van der Waals surface area (Å²) < 4.78 is 0. The Hall–Kier alpha value is -1.82. The minimum absolute atomic E-state index is 0.00279. The number of nitro benzene ring substituents is 1. The smallest absolute Gasteiger partial charge is 0.271 e. The molecule has 2 aliphatic rings. The van der Waals surface area contributed by atoms with Gasteiger partial charge in [-0.15, -0.1) is 0 Å². The van der Waals surface area contributed by atoms with Crippen LogP contribution in [0.2, 0.25) is 5.02 Å². The molecule has 2 fully saturated rings. The lowest BCUT2D eigenvalue weighted by Gasteiger charge is -2.35. The van der Waals surface area contributed by atoms with Gasteiger partial charge in [0.15, 0.2) is 0 Å². The molecule has 0 aromatic heterocycles. The Morgan fingerprint density at radius 3 is 2.79 bits per heavy atom. The van der Waals surface area contributed by atoms with E-state index in [1.54, 1.807) is 0 Å². The Morgan fingerprint density at radius 2 is 2.17 bits per heavy atom. The number of nitrogens with zero attached hydrogens (tertiary/aromatic N) is 2. The first-order valence-corrected chi connectivity index (χ1v) is 8.80. The van der Waals surface area contributed by atoms with Crippen LogP contribution in [0.25, 0.3) is 0 Å². The molecule has 1 saturated carbocycles. The molecule has 1 aliphatic carbocycles. The average molecular weight is 352 g/mol. The van der Waals surface area contributed by atoms with Gasteiger partial charge in [-0.05, 0) is 44.1 Å². The Balaban J connectivity index is 1.72. The van der Waals surface area contributed by atoms with Gasteiger partial charge in [0.25, 0.3) is 5.69 Å². The molecule has 1 aromatic rings. The molecule has 1 aromatic carbocycles. The number of carbonyl (C=O) groups excluding carboxylic acids is 1. The minimum Gasteiger partial charge on any atom is -0.369 e. The normalized spacial score (nSPS) is 20.8. The molecule has 1 aliphatic heterocycles. The van der Waals surface area contributed by atoms with Crippen LogP contribution in [0.15, 0.2) is 12.1 Å². The molecule has 6 nitrogen and oxygen atoms in total. The number of anilines is 1. The van der Waals surface area contributed by atoms with Crippen LogP contribution in [0, 0.1) is 28.9 Å². The van der Waals surface area contributed by atoms with Gasteiger partial charge in [0.2, 0.25) is 5.91 Å². The molecule has 1 heterocycles. The van der Waals surface area contributed by atoms with E-state index in [0.29, 0.717) is 17.5 Å². The minimum atomic E-state index is -0.438. The Morgan fingerprint density at radius 1 is 1.42 bits per heavy atom. The van der Waals surface area contributed by atoms with Crippen LogP contribution in [0.5, 0.6) is 0 Å². The predicted octanol–water partition coefficient (Wildman–Crippen LogP) is 3.30. The number of halogens is 1. The fraction of sp³-hybridized carbons (Fsp3) is 0.588. The number of nitrogens with one attached hydrogen (secondary N) is 1. The Labute approximate surface area is 146 Å². The molecule has 1 unspecified atom stereocenters. The summed E-state index contributed by atoms with van der Waals surface area (Å²) in [6, 6.07) is 2.93. The monoisotopic (exact) mass is 351 g/mol. The van der Waals surface area contributed by atoms with E-state index in [1.165, 1.54) is 25.0 Å². The summed E-state index contributed by atoms with van der Waals surface area (Å²) in [4.78, 5) is 25.0. The number of amides is 1. The summed E-state index contributed by atoms with van der Waals surface area (Å²) in [6.45, 7) is 4.03. The fourth-order valence-electron chi connectivity index (χ4n) is 3.33. The molecule has 1 N–H and O–H groups in total. The summed E-state index contributed by atoms with van der Waals surface area (Å²) in [5.74, 6) is 0.727. The van der Waals surface area contributed by atoms with Gasteiger partial charge in [0.05, 0.1) is 21.6 Å². The highest BCUT2D eigenvalue weighted by Gasteiger charge is 2.29. The number of hydrogen-bond acceptors (Lipinski definition) is 4. The second-order valence-electron chi connectivity index (χ2n) is 6.82. The lowest BCUT2D eigenvalue weighted by Crippen LogP contribution is -2.43. The average Bonchev–Trinajstić information content (AvgIpc) is 3.36. The molecule has 7 heteroatoms. The van der Waals surface area contributed by atoms with Crippen molar-refractivity contribution in [3.05, 3.63) is 32.8 Å². The summed E-state index contributed by atoms with van der Waals surface area (Å²) in [7, 11) is 0. The van der Waals surface area contributed by atoms with Gasteiger partial charge in [-0.25, -0.2) is 0 Å². The molecule has 1 atom stereocenters. The van der Waals surface area contributed by atoms with Crippen molar-refractivity contribution < 1.29 is 9.72 Å². The van der Waals surface area contributed by atoms with Gasteiger partial charge < -0.3 is 10.2 Å². The maximum atomic E-state index is 12.4. The van der Waals surface area contributed by atoms with E-state index in [4.69, 9.17) is 11.6 Å². The first-order valence-electron chi connectivity index (χ1n) is 8.43. The molecule has 1 amide bonds. The summed E-state index contributed by atoms with van der Waals surface area (Å²) in [5.41, 5.74) is 1.58. The largest absolute Gasteiger partial charge is 0.369 e. The number of aryl methyl sites for hydroxylation is 1. The molecule has 1 saturated heterocycles. The second kappa shape index (κ2) is 6.97. The van der Waals surface area contributed by atoms with Gasteiger partial charge in [-0.3, -0.25) is 14.9 Å². The highest BCUT2D eigenvalue weighted by Crippen LogP contribution is 2.36. The van der Waals surface area contributed by atoms with Crippen molar-refractivity contribution in [1.29, 1.82) is 0 Å². The summed E-state index contributed by atoms with van der Waals surface area (Å²) >= 11 is 6.30. The molecular formula is C17H22ClN3O3. The van der Waals surface area contributed by atoms with Crippen molar-refractivity contribution >= 4 is 28.9 Å². The standard InChI is InChI=1S/C17H22ClN3O3/c1-11-7-14(21(23)24)8-15(18)16(11)20-6-2-3-13(10-20)17(22)19-9-12-4-5-12/h7-8,12-13H,2-6,9-10H2,1H3,(H,19,22). The molecule has 0 spiro atoms. The van der Waals surface area contributed by atoms with Crippen molar-refractivity contribution in [2.75, 3.05) is 24.5 Å². The molecule has 3 rings (SSSR count). The van der Waals surface area contributed by atoms with Crippen LogP contribution < -0.4 is 10.2 Å². The van der Waals surface area contributed by atoms with Crippen LogP contribution in [0.3, 0.4) is 0 Å². The maximum absolute atomic E-state index is 12.4. The van der Waals surface area contributed by atoms with Crippen LogP contribution in [-0.2, 0) is 4.79 Å². The first-order chi connectivity index (χ1) is 11.5. The number of benzene rings is 1. The van der Waals surface area contributed by atoms with Crippen LogP contribution in [0.4, 0.5) is 11.4 Å². The zero-order valence-electron chi connectivity index (χ0n) is 13.8. The topological polar surface area (TPSA) is 75.5 Å². The zero-order chi connectivity index (χ0) is 17.3. The molecule has 0 radical (unpaired) electrons. The van der Waals surface area contributed by atoms with E-state index in [-0.39, 0.29) is 17.5 Å². The highest BCUT2D eigenvalue weighted by atomic mass is 35.5. The molecule has 24 heavy (non-hydrogen) atoms. The molecular weight excluding hydrogens is 330 g/mol. The summed E-state index contributed by atoms with van der Waals surface area (Å²) in [6.07, 6.45) is 4.22. The predicted molar refractivity (Wildman–Crippen MR) is 93.5 cm³/mol. The zero-order valence-corrected chi connectivity index (χ0v) is 14.5. The fourth-order valence-corrected chi connectivity index (χ4v) is 3.71. The third-order valence-electron chi connectivity index (χ3n) is 4.82. The van der Waals surface area contributed by atoms with Crippen LogP contribution in [-0.4, -0.2) is 30.5 Å². The van der Waals surface area contributed by atoms with Gasteiger partial charge in [-0.1, -0.05) is 11.6 Å². The van der Waals surface area contributed by atoms with E-state index in [9.17, 15) is 14.9 Å². The van der Waals surface area contributed by atoms with Gasteiger partial charge >= 0.3 is 0 Å². The lowest BCUT2D eigenvalue weighted by molar-refractivity contribution is -0.384. The van der Waals surface area contributed by atoms with E-state index >= 15 is 0 Å². The van der Waals surface area contributed by atoms with Gasteiger partial charge in [0, 0.05) is 31.8 Å². The Kier molecular flexibility index (Phi) is 4.94. The molecule has 0 bridgehead atoms. The van der Waals surface area contributed by atoms with E-state index in [0.717, 1.165) is 37.2 Å². The van der Waals surface area contributed by atoms with Crippen molar-refractivity contribution in [3.8, 4) is 0 Å². The quantitative estimate of drug-likeness (QED) is 0.652. The van der Waals surface area contributed by atoms with Crippen molar-refractivity contribution in [2.45, 2.75) is 32.6 Å². The molecule has 130 valence electrons. The number of non-ortho nitro benzene ring substituents is 1. The van der Waals surface area contributed by atoms with E-state index in [1.807, 2.05) is 6.92 Å². The third kappa shape index (κ3) is 3.80. The van der Waals surface area contributed by atoms with E-state index < -0.39 is 4.92 Å². The second-order valence-corrected chi connectivity index (χ2v) is 7.23. The number of piperidine rings is 1.